The molecule has 0 spiro atoms. The molecule has 0 aliphatic heterocycles. The maximum atomic E-state index is 13.6. The van der Waals surface area contributed by atoms with Crippen LogP contribution in [0.4, 0.5) is 4.39 Å². The largest absolute Gasteiger partial charge is 0.273 e. The highest BCUT2D eigenvalue weighted by Gasteiger charge is 2.11. The lowest BCUT2D eigenvalue weighted by molar-refractivity contribution is 0.0954. The molecule has 0 bridgehead atoms. The number of hydrogen-bond donors (Lipinski definition) is 1. The van der Waals surface area contributed by atoms with Crippen molar-refractivity contribution < 1.29 is 9.18 Å². The van der Waals surface area contributed by atoms with Gasteiger partial charge in [-0.25, -0.2) is 9.82 Å². The second kappa shape index (κ2) is 6.76. The molecule has 0 fully saturated rings. The van der Waals surface area contributed by atoms with Crippen LogP contribution >= 0.6 is 11.6 Å². The highest BCUT2D eigenvalue weighted by Crippen LogP contribution is 2.17. The number of amides is 1. The smallest absolute Gasteiger partial charge is 0.267 e. The van der Waals surface area contributed by atoms with Crippen molar-refractivity contribution in [1.29, 1.82) is 0 Å². The molecule has 0 saturated heterocycles. The van der Waals surface area contributed by atoms with E-state index in [4.69, 9.17) is 11.6 Å². The summed E-state index contributed by atoms with van der Waals surface area (Å²) in [6.07, 6.45) is 1.18. The van der Waals surface area contributed by atoms with Gasteiger partial charge in [0, 0.05) is 10.9 Å². The Morgan fingerprint density at radius 3 is 2.83 bits per heavy atom. The number of aryl methyl sites for hydroxylation is 1. The Kier molecular flexibility index (Phi) is 4.53. The quantitative estimate of drug-likeness (QED) is 0.576. The average molecular weight is 342 g/mol. The van der Waals surface area contributed by atoms with E-state index in [1.54, 1.807) is 19.1 Å². The molecule has 0 radical (unpaired) electrons. The highest BCUT2D eigenvalue weighted by molar-refractivity contribution is 6.33. The van der Waals surface area contributed by atoms with Gasteiger partial charge in [0.25, 0.3) is 5.91 Å². The molecular formula is C18H13ClFN3O. The minimum atomic E-state index is -0.510. The summed E-state index contributed by atoms with van der Waals surface area (Å²) in [7, 11) is 0. The van der Waals surface area contributed by atoms with Crippen LogP contribution in [0.15, 0.2) is 53.6 Å². The molecule has 1 amide bonds. The number of rotatable bonds is 3. The fraction of sp³-hybridized carbons (Fsp3) is 0.0556. The van der Waals surface area contributed by atoms with Crippen molar-refractivity contribution in [3.05, 3.63) is 76.2 Å². The van der Waals surface area contributed by atoms with E-state index < -0.39 is 11.7 Å². The van der Waals surface area contributed by atoms with Crippen LogP contribution in [0.1, 0.15) is 21.6 Å². The van der Waals surface area contributed by atoms with Gasteiger partial charge >= 0.3 is 0 Å². The first-order valence-electron chi connectivity index (χ1n) is 7.20. The number of nitrogens with zero attached hydrogens (tertiary/aromatic N) is 2. The molecule has 1 heterocycles. The average Bonchev–Trinajstić information content (AvgIpc) is 2.56. The number of fused-ring (bicyclic) bond motifs is 1. The zero-order chi connectivity index (χ0) is 17.1. The van der Waals surface area contributed by atoms with Gasteiger partial charge in [0.1, 0.15) is 5.82 Å². The van der Waals surface area contributed by atoms with Crippen LogP contribution in [-0.4, -0.2) is 17.1 Å². The first-order chi connectivity index (χ1) is 11.6. The molecule has 1 aromatic heterocycles. The number of hydrazone groups is 1. The zero-order valence-corrected chi connectivity index (χ0v) is 13.5. The van der Waals surface area contributed by atoms with Gasteiger partial charge < -0.3 is 0 Å². The van der Waals surface area contributed by atoms with Crippen molar-refractivity contribution in [2.75, 3.05) is 0 Å². The first-order valence-corrected chi connectivity index (χ1v) is 7.58. The fourth-order valence-corrected chi connectivity index (χ4v) is 2.50. The van der Waals surface area contributed by atoms with Crippen molar-refractivity contribution in [1.82, 2.24) is 10.4 Å². The Bertz CT molecular complexity index is 936. The minimum absolute atomic E-state index is 0.118. The van der Waals surface area contributed by atoms with Gasteiger partial charge in [-0.15, -0.1) is 0 Å². The summed E-state index contributed by atoms with van der Waals surface area (Å²) in [4.78, 5) is 16.7. The maximum absolute atomic E-state index is 13.6. The topological polar surface area (TPSA) is 54.4 Å². The molecule has 0 aliphatic carbocycles. The summed E-state index contributed by atoms with van der Waals surface area (Å²) >= 11 is 5.90. The van der Waals surface area contributed by atoms with Gasteiger partial charge in [-0.3, -0.25) is 9.78 Å². The van der Waals surface area contributed by atoms with Crippen molar-refractivity contribution in [2.24, 2.45) is 5.10 Å². The first kappa shape index (κ1) is 16.1. The van der Waals surface area contributed by atoms with E-state index in [2.05, 4.69) is 15.5 Å². The second-order valence-electron chi connectivity index (χ2n) is 5.15. The fourth-order valence-electron chi connectivity index (χ4n) is 2.29. The van der Waals surface area contributed by atoms with Crippen molar-refractivity contribution >= 4 is 34.6 Å². The number of carbonyl (C=O) groups excluding carboxylic acids is 1. The molecule has 120 valence electrons. The van der Waals surface area contributed by atoms with E-state index in [1.807, 2.05) is 24.3 Å². The van der Waals surface area contributed by atoms with Crippen molar-refractivity contribution in [3.8, 4) is 0 Å². The Morgan fingerprint density at radius 1 is 1.25 bits per heavy atom. The summed E-state index contributed by atoms with van der Waals surface area (Å²) < 4.78 is 13.6. The van der Waals surface area contributed by atoms with Crippen LogP contribution in [0.2, 0.25) is 5.02 Å². The van der Waals surface area contributed by atoms with Gasteiger partial charge in [-0.05, 0) is 31.2 Å². The number of pyridine rings is 1. The molecule has 2 aromatic carbocycles. The van der Waals surface area contributed by atoms with Gasteiger partial charge in [0.2, 0.25) is 0 Å². The normalized spacial score (nSPS) is 11.1. The zero-order valence-electron chi connectivity index (χ0n) is 12.8. The van der Waals surface area contributed by atoms with Crippen LogP contribution in [0.3, 0.4) is 0 Å². The summed E-state index contributed by atoms with van der Waals surface area (Å²) in [5.41, 5.74) is 4.30. The number of hydrogen-bond acceptors (Lipinski definition) is 3. The van der Waals surface area contributed by atoms with Crippen LogP contribution in [-0.2, 0) is 0 Å². The predicted octanol–water partition coefficient (Wildman–Crippen LogP) is 4.10. The highest BCUT2D eigenvalue weighted by atomic mass is 35.5. The molecule has 3 rings (SSSR count). The number of benzene rings is 2. The van der Waals surface area contributed by atoms with E-state index in [0.29, 0.717) is 11.3 Å². The Morgan fingerprint density at radius 2 is 2.04 bits per heavy atom. The Balaban J connectivity index is 1.83. The van der Waals surface area contributed by atoms with Crippen molar-refractivity contribution in [2.45, 2.75) is 6.92 Å². The lowest BCUT2D eigenvalue weighted by Crippen LogP contribution is -2.19. The number of para-hydroxylation sites is 1. The third-order valence-corrected chi connectivity index (χ3v) is 3.85. The van der Waals surface area contributed by atoms with Gasteiger partial charge in [0.05, 0.1) is 28.0 Å². The number of nitrogens with one attached hydrogen (secondary N) is 1. The molecule has 0 saturated carbocycles. The standard InChI is InChI=1S/C18H13ClFN3O/c1-11-13(9-12-5-2-3-8-17(12)22-11)18(24)23-21-10-14-15(19)6-4-7-16(14)20/h2-10H,1H3,(H,23,24). The van der Waals surface area contributed by atoms with Gasteiger partial charge in [-0.2, -0.15) is 5.10 Å². The minimum Gasteiger partial charge on any atom is -0.267 e. The maximum Gasteiger partial charge on any atom is 0.273 e. The van der Waals surface area contributed by atoms with E-state index in [0.717, 1.165) is 10.9 Å². The summed E-state index contributed by atoms with van der Waals surface area (Å²) in [6, 6.07) is 13.6. The molecule has 0 aliphatic rings. The van der Waals surface area contributed by atoms with E-state index in [9.17, 15) is 9.18 Å². The molecule has 1 N–H and O–H groups in total. The Labute approximate surface area is 143 Å². The lowest BCUT2D eigenvalue weighted by atomic mass is 10.1. The van der Waals surface area contributed by atoms with Crippen LogP contribution in [0.25, 0.3) is 10.9 Å². The number of aromatic nitrogens is 1. The molecule has 0 atom stereocenters. The van der Waals surface area contributed by atoms with Crippen molar-refractivity contribution in [3.63, 3.8) is 0 Å². The lowest BCUT2D eigenvalue weighted by Gasteiger charge is -2.06. The van der Waals surface area contributed by atoms with Crippen LogP contribution in [0, 0.1) is 12.7 Å². The van der Waals surface area contributed by atoms with E-state index >= 15 is 0 Å². The van der Waals surface area contributed by atoms with Crippen LogP contribution < -0.4 is 5.43 Å². The molecule has 0 unspecified atom stereocenters. The van der Waals surface area contributed by atoms with E-state index in [-0.39, 0.29) is 10.6 Å². The number of halogens is 2. The van der Waals surface area contributed by atoms with Crippen LogP contribution in [0.5, 0.6) is 0 Å². The molecule has 4 nitrogen and oxygen atoms in total. The Hall–Kier alpha value is -2.79. The van der Waals surface area contributed by atoms with Gasteiger partial charge in [-0.1, -0.05) is 35.9 Å². The summed E-state index contributed by atoms with van der Waals surface area (Å²) in [6.45, 7) is 1.75. The van der Waals surface area contributed by atoms with E-state index in [1.165, 1.54) is 18.3 Å². The summed E-state index contributed by atoms with van der Waals surface area (Å²) in [5.74, 6) is -0.932. The summed E-state index contributed by atoms with van der Waals surface area (Å²) in [5, 5.41) is 4.86. The molecule has 3 aromatic rings. The third-order valence-electron chi connectivity index (χ3n) is 3.52. The van der Waals surface area contributed by atoms with Gasteiger partial charge in [0.15, 0.2) is 0 Å². The molecule has 24 heavy (non-hydrogen) atoms. The SMILES string of the molecule is Cc1nc2ccccc2cc1C(=O)NN=Cc1c(F)cccc1Cl. The number of carbonyl (C=O) groups is 1. The second-order valence-corrected chi connectivity index (χ2v) is 5.56. The molecular weight excluding hydrogens is 329 g/mol. The molecule has 6 heteroatoms. The monoisotopic (exact) mass is 341 g/mol. The third kappa shape index (κ3) is 3.26. The predicted molar refractivity (Wildman–Crippen MR) is 93.0 cm³/mol.